The van der Waals surface area contributed by atoms with Crippen molar-refractivity contribution in [1.29, 1.82) is 0 Å². The second kappa shape index (κ2) is 2.04. The van der Waals surface area contributed by atoms with Crippen LogP contribution in [0.25, 0.3) is 0 Å². The van der Waals surface area contributed by atoms with Gasteiger partial charge in [0.25, 0.3) is 0 Å². The molecule has 0 saturated carbocycles. The molecule has 0 spiro atoms. The van der Waals surface area contributed by atoms with Crippen LogP contribution in [0.2, 0.25) is 0 Å². The molecule has 2 amide bonds. The Labute approximate surface area is 50.7 Å². The molecule has 1 radical (unpaired) electrons. The van der Waals surface area contributed by atoms with Crippen molar-refractivity contribution in [2.24, 2.45) is 10.8 Å². The summed E-state index contributed by atoms with van der Waals surface area (Å²) in [6, 6.07) is -0.550. The lowest BCUT2D eigenvalue weighted by atomic mass is 11.0. The molecule has 1 aliphatic rings. The van der Waals surface area contributed by atoms with Gasteiger partial charge in [0.2, 0.25) is 0 Å². The highest BCUT2D eigenvalue weighted by atomic mass is 32.2. The number of hydrogen-bond acceptors (Lipinski definition) is 3. The molecule has 43 valence electrons. The van der Waals surface area contributed by atoms with Gasteiger partial charge in [-0.25, -0.2) is 4.79 Å². The van der Waals surface area contributed by atoms with Crippen LogP contribution in [-0.2, 0) is 0 Å². The van der Waals surface area contributed by atoms with Gasteiger partial charge in [-0.15, -0.1) is 0 Å². The molecule has 2 N–H and O–H groups in total. The van der Waals surface area contributed by atoms with Crippen molar-refractivity contribution in [2.75, 3.05) is 0 Å². The predicted molar refractivity (Wildman–Crippen MR) is 31.8 cm³/mol. The van der Waals surface area contributed by atoms with Gasteiger partial charge in [0, 0.05) is 0 Å². The van der Waals surface area contributed by atoms with E-state index in [-0.39, 0.29) is 0 Å². The molecule has 4 nitrogen and oxygen atoms in total. The number of amides is 2. The number of nitrogens with two attached hydrogens (primary N) is 1. The molecular weight excluding hydrogens is 126 g/mol. The summed E-state index contributed by atoms with van der Waals surface area (Å²) < 4.78 is 0. The fourth-order valence-electron chi connectivity index (χ4n) is 0.299. The van der Waals surface area contributed by atoms with Gasteiger partial charge in [-0.05, 0) is 0 Å². The SMILES string of the molecule is NC(=O)N1[CH]SC=N1. The van der Waals surface area contributed by atoms with Gasteiger partial charge in [0.1, 0.15) is 5.88 Å². The molecule has 0 unspecified atom stereocenters. The monoisotopic (exact) mass is 130 g/mol. The molecule has 0 fully saturated rings. The Bertz CT molecular complexity index is 134. The summed E-state index contributed by atoms with van der Waals surface area (Å²) in [5.74, 6) is 1.53. The second-order valence-electron chi connectivity index (χ2n) is 1.15. The minimum atomic E-state index is -0.550. The number of nitrogens with zero attached hydrogens (tertiary/aromatic N) is 2. The summed E-state index contributed by atoms with van der Waals surface area (Å²) in [7, 11) is 0. The van der Waals surface area contributed by atoms with E-state index in [9.17, 15) is 4.79 Å². The largest absolute Gasteiger partial charge is 0.350 e. The molecule has 0 aromatic rings. The highest BCUT2D eigenvalue weighted by Crippen LogP contribution is 2.13. The Kier molecular flexibility index (Phi) is 1.38. The minimum absolute atomic E-state index is 0.550. The van der Waals surface area contributed by atoms with E-state index in [0.29, 0.717) is 0 Å². The van der Waals surface area contributed by atoms with Crippen LogP contribution in [0, 0.1) is 5.88 Å². The standard InChI is InChI=1S/C3H4N3OS/c4-3(7)6-2-8-1-5-6/h1-2H,(H2,4,7). The number of thioether (sulfide) groups is 1. The topological polar surface area (TPSA) is 58.7 Å². The molecule has 1 heterocycles. The van der Waals surface area contributed by atoms with Gasteiger partial charge in [0.05, 0.1) is 5.55 Å². The molecule has 1 aliphatic heterocycles. The number of urea groups is 1. The first kappa shape index (κ1) is 5.43. The maximum absolute atomic E-state index is 10.2. The Balaban J connectivity index is 2.48. The zero-order valence-corrected chi connectivity index (χ0v) is 4.76. The zero-order chi connectivity index (χ0) is 5.98. The van der Waals surface area contributed by atoms with E-state index in [1.807, 2.05) is 0 Å². The third-order valence-electron chi connectivity index (χ3n) is 0.619. The smallest absolute Gasteiger partial charge is 0.336 e. The highest BCUT2D eigenvalue weighted by Gasteiger charge is 2.10. The predicted octanol–water partition coefficient (Wildman–Crippen LogP) is 0.176. The van der Waals surface area contributed by atoms with Crippen molar-refractivity contribution < 1.29 is 4.79 Å². The number of hydrazone groups is 1. The van der Waals surface area contributed by atoms with Gasteiger partial charge in [-0.1, -0.05) is 11.8 Å². The molecular formula is C3H4N3OS. The first-order chi connectivity index (χ1) is 3.80. The lowest BCUT2D eigenvalue weighted by molar-refractivity contribution is 0.225. The number of primary amides is 1. The average molecular weight is 130 g/mol. The highest BCUT2D eigenvalue weighted by molar-refractivity contribution is 8.14. The normalized spacial score (nSPS) is 17.2. The van der Waals surface area contributed by atoms with Gasteiger partial charge in [-0.2, -0.15) is 10.1 Å². The van der Waals surface area contributed by atoms with Crippen molar-refractivity contribution >= 4 is 23.3 Å². The summed E-state index contributed by atoms with van der Waals surface area (Å²) in [6.07, 6.45) is 0. The fraction of sp³-hybridized carbons (Fsp3) is 0. The van der Waals surface area contributed by atoms with Crippen LogP contribution in [0.5, 0.6) is 0 Å². The van der Waals surface area contributed by atoms with Crippen LogP contribution in [0.4, 0.5) is 4.79 Å². The molecule has 0 aromatic heterocycles. The van der Waals surface area contributed by atoms with Gasteiger partial charge >= 0.3 is 6.03 Å². The van der Waals surface area contributed by atoms with Crippen LogP contribution in [-0.4, -0.2) is 16.6 Å². The lowest BCUT2D eigenvalue weighted by Gasteiger charge is -2.02. The molecule has 1 rings (SSSR count). The van der Waals surface area contributed by atoms with Crippen LogP contribution < -0.4 is 5.73 Å². The van der Waals surface area contributed by atoms with Gasteiger partial charge < -0.3 is 5.73 Å². The van der Waals surface area contributed by atoms with E-state index in [4.69, 9.17) is 5.73 Å². The average Bonchev–Trinajstić information content (AvgIpc) is 2.12. The maximum atomic E-state index is 10.2. The maximum Gasteiger partial charge on any atom is 0.336 e. The van der Waals surface area contributed by atoms with Crippen LogP contribution in [0.3, 0.4) is 0 Å². The Morgan fingerprint density at radius 1 is 1.88 bits per heavy atom. The van der Waals surface area contributed by atoms with Crippen molar-refractivity contribution in [2.45, 2.75) is 0 Å². The summed E-state index contributed by atoms with van der Waals surface area (Å²) in [5.41, 5.74) is 6.36. The Morgan fingerprint density at radius 3 is 2.88 bits per heavy atom. The van der Waals surface area contributed by atoms with E-state index in [1.165, 1.54) is 23.2 Å². The summed E-state index contributed by atoms with van der Waals surface area (Å²) in [4.78, 5) is 10.2. The van der Waals surface area contributed by atoms with Gasteiger partial charge in [0.15, 0.2) is 0 Å². The summed E-state index contributed by atoms with van der Waals surface area (Å²) >= 11 is 1.32. The Hall–Kier alpha value is -0.710. The Morgan fingerprint density at radius 2 is 2.62 bits per heavy atom. The lowest BCUT2D eigenvalue weighted by Crippen LogP contribution is -2.25. The number of hydrogen-bond donors (Lipinski definition) is 1. The van der Waals surface area contributed by atoms with Crippen molar-refractivity contribution in [3.8, 4) is 0 Å². The van der Waals surface area contributed by atoms with E-state index < -0.39 is 6.03 Å². The molecule has 8 heavy (non-hydrogen) atoms. The third-order valence-corrected chi connectivity index (χ3v) is 1.16. The molecule has 0 aromatic carbocycles. The van der Waals surface area contributed by atoms with Crippen LogP contribution in [0.1, 0.15) is 0 Å². The van der Waals surface area contributed by atoms with E-state index in [2.05, 4.69) is 5.10 Å². The quantitative estimate of drug-likeness (QED) is 0.508. The number of rotatable bonds is 0. The first-order valence-electron chi connectivity index (χ1n) is 1.90. The summed E-state index contributed by atoms with van der Waals surface area (Å²) in [6.45, 7) is 0. The molecule has 0 atom stereocenters. The second-order valence-corrected chi connectivity index (χ2v) is 1.84. The van der Waals surface area contributed by atoms with Crippen LogP contribution >= 0.6 is 11.8 Å². The fourth-order valence-corrected chi connectivity index (χ4v) is 0.783. The van der Waals surface area contributed by atoms with Crippen molar-refractivity contribution in [1.82, 2.24) is 5.01 Å². The first-order valence-corrected chi connectivity index (χ1v) is 2.85. The number of carbonyl (C=O) groups is 1. The van der Waals surface area contributed by atoms with E-state index >= 15 is 0 Å². The third kappa shape index (κ3) is 0.919. The van der Waals surface area contributed by atoms with Crippen molar-refractivity contribution in [3.05, 3.63) is 5.88 Å². The van der Waals surface area contributed by atoms with Crippen LogP contribution in [0.15, 0.2) is 5.10 Å². The molecule has 0 aliphatic carbocycles. The minimum Gasteiger partial charge on any atom is -0.350 e. The number of carbonyl (C=O) groups excluding carboxylic acids is 1. The zero-order valence-electron chi connectivity index (χ0n) is 3.94. The molecule has 0 saturated heterocycles. The van der Waals surface area contributed by atoms with Gasteiger partial charge in [-0.3, -0.25) is 0 Å². The molecule has 5 heteroatoms. The summed E-state index contributed by atoms with van der Waals surface area (Å²) in [5, 5.41) is 4.65. The van der Waals surface area contributed by atoms with E-state index in [1.54, 1.807) is 0 Å². The van der Waals surface area contributed by atoms with Crippen molar-refractivity contribution in [3.63, 3.8) is 0 Å². The van der Waals surface area contributed by atoms with E-state index in [0.717, 1.165) is 5.01 Å². The molecule has 0 bridgehead atoms.